The van der Waals surface area contributed by atoms with E-state index in [1.54, 1.807) is 30.7 Å². The average Bonchev–Trinajstić information content (AvgIpc) is 3.14. The second-order valence-electron chi connectivity index (χ2n) is 5.73. The second kappa shape index (κ2) is 7.38. The zero-order chi connectivity index (χ0) is 16.9. The van der Waals surface area contributed by atoms with Crippen molar-refractivity contribution >= 4 is 0 Å². The van der Waals surface area contributed by atoms with Crippen molar-refractivity contribution in [2.24, 2.45) is 0 Å². The first kappa shape index (κ1) is 16.4. The maximum atomic E-state index is 13.7. The quantitative estimate of drug-likeness (QED) is 0.730. The van der Waals surface area contributed by atoms with Gasteiger partial charge in [0.1, 0.15) is 5.82 Å². The Kier molecular flexibility index (Phi) is 5.03. The largest absolute Gasteiger partial charge is 0.387 e. The van der Waals surface area contributed by atoms with Gasteiger partial charge < -0.3 is 15.0 Å². The number of aliphatic hydroxyl groups is 1. The minimum absolute atomic E-state index is 0.0231. The van der Waals surface area contributed by atoms with Crippen LogP contribution in [-0.4, -0.2) is 21.2 Å². The van der Waals surface area contributed by atoms with Gasteiger partial charge in [-0.3, -0.25) is 0 Å². The molecule has 4 nitrogen and oxygen atoms in total. The van der Waals surface area contributed by atoms with Gasteiger partial charge in [-0.25, -0.2) is 9.37 Å². The minimum atomic E-state index is -0.884. The van der Waals surface area contributed by atoms with Gasteiger partial charge in [0.05, 0.1) is 12.4 Å². The van der Waals surface area contributed by atoms with E-state index in [1.807, 2.05) is 35.9 Å². The Hall–Kier alpha value is -2.50. The molecule has 0 spiro atoms. The van der Waals surface area contributed by atoms with Gasteiger partial charge in [0, 0.05) is 36.2 Å². The van der Waals surface area contributed by atoms with E-state index in [2.05, 4.69) is 16.4 Å². The highest BCUT2D eigenvalue weighted by Crippen LogP contribution is 2.19. The van der Waals surface area contributed by atoms with E-state index < -0.39 is 6.10 Å². The molecule has 0 aliphatic carbocycles. The molecule has 0 aliphatic rings. The summed E-state index contributed by atoms with van der Waals surface area (Å²) in [5.41, 5.74) is 2.42. The average molecular weight is 325 g/mol. The van der Waals surface area contributed by atoms with E-state index in [9.17, 15) is 9.50 Å². The van der Waals surface area contributed by atoms with Crippen molar-refractivity contribution in [3.63, 3.8) is 0 Å². The lowest BCUT2D eigenvalue weighted by Gasteiger charge is -2.19. The third kappa shape index (κ3) is 3.69. The number of nitrogens with zero attached hydrogens (tertiary/aromatic N) is 2. The van der Waals surface area contributed by atoms with Crippen LogP contribution in [0.25, 0.3) is 5.69 Å². The lowest BCUT2D eigenvalue weighted by Crippen LogP contribution is -2.25. The van der Waals surface area contributed by atoms with Crippen LogP contribution in [0.5, 0.6) is 0 Å². The predicted molar refractivity (Wildman–Crippen MR) is 91.3 cm³/mol. The summed E-state index contributed by atoms with van der Waals surface area (Å²) in [6.45, 7) is 2.29. The highest BCUT2D eigenvalue weighted by molar-refractivity contribution is 5.37. The first-order valence-electron chi connectivity index (χ1n) is 7.89. The van der Waals surface area contributed by atoms with Gasteiger partial charge in [0.2, 0.25) is 0 Å². The van der Waals surface area contributed by atoms with E-state index in [0.29, 0.717) is 5.56 Å². The Labute approximate surface area is 140 Å². The van der Waals surface area contributed by atoms with Gasteiger partial charge in [0.15, 0.2) is 0 Å². The van der Waals surface area contributed by atoms with Crippen molar-refractivity contribution in [3.05, 3.63) is 84.2 Å². The van der Waals surface area contributed by atoms with E-state index in [4.69, 9.17) is 0 Å². The summed E-state index contributed by atoms with van der Waals surface area (Å²) in [5, 5.41) is 13.4. The van der Waals surface area contributed by atoms with Crippen LogP contribution in [0.1, 0.15) is 30.2 Å². The summed E-state index contributed by atoms with van der Waals surface area (Å²) in [4.78, 5) is 4.05. The predicted octanol–water partition coefficient (Wildman–Crippen LogP) is 3.40. The van der Waals surface area contributed by atoms with Crippen LogP contribution in [0, 0.1) is 5.82 Å². The van der Waals surface area contributed by atoms with Crippen LogP contribution < -0.4 is 5.32 Å². The normalized spacial score (nSPS) is 13.6. The number of aliphatic hydroxyl groups excluding tert-OH is 1. The van der Waals surface area contributed by atoms with Crippen LogP contribution in [0.4, 0.5) is 4.39 Å². The zero-order valence-electron chi connectivity index (χ0n) is 13.4. The number of benzene rings is 2. The Morgan fingerprint density at radius 3 is 2.79 bits per heavy atom. The molecule has 1 heterocycles. The monoisotopic (exact) mass is 325 g/mol. The van der Waals surface area contributed by atoms with E-state index >= 15 is 0 Å². The summed E-state index contributed by atoms with van der Waals surface area (Å²) < 4.78 is 15.6. The van der Waals surface area contributed by atoms with Crippen LogP contribution in [-0.2, 0) is 0 Å². The number of rotatable bonds is 6. The zero-order valence-corrected chi connectivity index (χ0v) is 13.4. The molecule has 0 saturated heterocycles. The third-order valence-electron chi connectivity index (χ3n) is 4.05. The highest BCUT2D eigenvalue weighted by atomic mass is 19.1. The molecule has 0 amide bonds. The molecule has 0 aliphatic heterocycles. The van der Waals surface area contributed by atoms with E-state index in [1.165, 1.54) is 6.07 Å². The Bertz CT molecular complexity index is 789. The smallest absolute Gasteiger partial charge is 0.129 e. The van der Waals surface area contributed by atoms with Crippen molar-refractivity contribution in [1.82, 2.24) is 14.9 Å². The molecule has 0 saturated carbocycles. The number of aromatic nitrogens is 2. The van der Waals surface area contributed by atoms with Crippen LogP contribution in [0.3, 0.4) is 0 Å². The molecular weight excluding hydrogens is 305 g/mol. The molecule has 0 radical (unpaired) electrons. The Morgan fingerprint density at radius 2 is 2.04 bits per heavy atom. The molecule has 3 rings (SSSR count). The molecule has 2 aromatic carbocycles. The van der Waals surface area contributed by atoms with Crippen molar-refractivity contribution in [1.29, 1.82) is 0 Å². The molecule has 0 fully saturated rings. The lowest BCUT2D eigenvalue weighted by molar-refractivity contribution is 0.166. The van der Waals surface area contributed by atoms with E-state index in [-0.39, 0.29) is 18.4 Å². The van der Waals surface area contributed by atoms with Crippen molar-refractivity contribution in [2.45, 2.75) is 19.1 Å². The molecule has 2 atom stereocenters. The molecule has 0 bridgehead atoms. The van der Waals surface area contributed by atoms with E-state index in [0.717, 1.165) is 11.3 Å². The van der Waals surface area contributed by atoms with Gasteiger partial charge in [-0.1, -0.05) is 30.3 Å². The Balaban J connectivity index is 1.66. The Morgan fingerprint density at radius 1 is 1.21 bits per heavy atom. The van der Waals surface area contributed by atoms with Gasteiger partial charge in [-0.2, -0.15) is 0 Å². The molecule has 2 N–H and O–H groups in total. The van der Waals surface area contributed by atoms with Crippen LogP contribution >= 0.6 is 0 Å². The van der Waals surface area contributed by atoms with Gasteiger partial charge in [-0.05, 0) is 30.7 Å². The summed E-state index contributed by atoms with van der Waals surface area (Å²) in [7, 11) is 0. The summed E-state index contributed by atoms with van der Waals surface area (Å²) >= 11 is 0. The van der Waals surface area contributed by atoms with Gasteiger partial charge >= 0.3 is 0 Å². The molecular formula is C19H20FN3O. The van der Waals surface area contributed by atoms with Gasteiger partial charge in [-0.15, -0.1) is 0 Å². The summed E-state index contributed by atoms with van der Waals surface area (Å²) in [6, 6.07) is 14.4. The minimum Gasteiger partial charge on any atom is -0.387 e. The first-order chi connectivity index (χ1) is 11.6. The van der Waals surface area contributed by atoms with Crippen molar-refractivity contribution < 1.29 is 9.50 Å². The maximum Gasteiger partial charge on any atom is 0.129 e. The number of hydrogen-bond donors (Lipinski definition) is 2. The van der Waals surface area contributed by atoms with Crippen LogP contribution in [0.2, 0.25) is 0 Å². The summed E-state index contributed by atoms with van der Waals surface area (Å²) in [5.74, 6) is -0.387. The number of imidazole rings is 1. The molecule has 24 heavy (non-hydrogen) atoms. The van der Waals surface area contributed by atoms with Crippen LogP contribution in [0.15, 0.2) is 67.3 Å². The lowest BCUT2D eigenvalue weighted by atomic mass is 10.1. The van der Waals surface area contributed by atoms with Crippen molar-refractivity contribution in [3.8, 4) is 5.69 Å². The maximum absolute atomic E-state index is 13.7. The third-order valence-corrected chi connectivity index (χ3v) is 4.05. The fourth-order valence-corrected chi connectivity index (χ4v) is 2.63. The molecule has 0 unspecified atom stereocenters. The topological polar surface area (TPSA) is 50.1 Å². The number of hydrogen-bond acceptors (Lipinski definition) is 3. The fraction of sp³-hybridized carbons (Fsp3) is 0.211. The van der Waals surface area contributed by atoms with Gasteiger partial charge in [0.25, 0.3) is 0 Å². The number of halogens is 1. The first-order valence-corrected chi connectivity index (χ1v) is 7.89. The highest BCUT2D eigenvalue weighted by Gasteiger charge is 2.14. The summed E-state index contributed by atoms with van der Waals surface area (Å²) in [6.07, 6.45) is 4.49. The van der Waals surface area contributed by atoms with Crippen molar-refractivity contribution in [2.75, 3.05) is 6.54 Å². The standard InChI is InChI=1S/C19H20FN3O/c1-14(22-12-19(24)17-7-2-3-8-18(17)20)15-5-4-6-16(11-15)23-10-9-21-13-23/h2-11,13-14,19,22,24H,12H2,1H3/t14-,19-/m1/s1. The molecule has 5 heteroatoms. The molecule has 1 aromatic heterocycles. The number of nitrogens with one attached hydrogen (secondary N) is 1. The SMILES string of the molecule is C[C@@H](NC[C@@H](O)c1ccccc1F)c1cccc(-n2ccnc2)c1. The second-order valence-corrected chi connectivity index (χ2v) is 5.73. The molecule has 124 valence electrons. The fourth-order valence-electron chi connectivity index (χ4n) is 2.63. The molecule has 3 aromatic rings.